The lowest BCUT2D eigenvalue weighted by Crippen LogP contribution is -2.69. The van der Waals surface area contributed by atoms with E-state index in [4.69, 9.17) is 0 Å². The number of hydrogen-bond acceptors (Lipinski definition) is 1. The van der Waals surface area contributed by atoms with Gasteiger partial charge in [0.15, 0.2) is 0 Å². The smallest absolute Gasteiger partial charge is 0.203 e. The maximum atomic E-state index is 12.3. The lowest BCUT2D eigenvalue weighted by Gasteiger charge is -2.56. The number of hydrogen-bond donors (Lipinski definition) is 0. The molecule has 108 valence electrons. The van der Waals surface area contributed by atoms with Crippen LogP contribution >= 0.6 is 0 Å². The molecule has 0 aliphatic carbocycles. The Balaban J connectivity index is 5.85. The first kappa shape index (κ1) is 17.9. The first-order valence-corrected chi connectivity index (χ1v) is 12.8. The van der Waals surface area contributed by atoms with Gasteiger partial charge in [-0.25, -0.2) is 0 Å². The van der Waals surface area contributed by atoms with Crippen LogP contribution in [0, 0.1) is 0 Å². The largest absolute Gasteiger partial charge is 0.395 e. The first-order chi connectivity index (χ1) is 7.57. The summed E-state index contributed by atoms with van der Waals surface area (Å²) in [4.78, 5) is 12.3. The third kappa shape index (κ3) is 3.07. The van der Waals surface area contributed by atoms with Crippen LogP contribution in [0.1, 0.15) is 48.5 Å². The molecule has 0 unspecified atom stereocenters. The molecule has 0 spiro atoms. The molecule has 0 fully saturated rings. The summed E-state index contributed by atoms with van der Waals surface area (Å²) in [6, 6.07) is 0. The van der Waals surface area contributed by atoms with E-state index in [0.29, 0.717) is 0 Å². The highest BCUT2D eigenvalue weighted by molar-refractivity contribution is 6.95. The van der Waals surface area contributed by atoms with Gasteiger partial charge in [0.1, 0.15) is 16.5 Å². The zero-order valence-electron chi connectivity index (χ0n) is 14.4. The average molecular weight is 288 g/mol. The molecule has 0 N–H and O–H groups in total. The van der Waals surface area contributed by atoms with E-state index in [1.54, 1.807) is 6.92 Å². The van der Waals surface area contributed by atoms with Gasteiger partial charge in [0, 0.05) is 6.92 Å². The van der Waals surface area contributed by atoms with Crippen LogP contribution < -0.4 is 0 Å². The van der Waals surface area contributed by atoms with Crippen LogP contribution in [0.25, 0.3) is 0 Å². The van der Waals surface area contributed by atoms with Crippen molar-refractivity contribution in [1.82, 2.24) is 4.23 Å². The molecule has 0 aromatic heterocycles. The molecule has 2 nitrogen and oxygen atoms in total. The van der Waals surface area contributed by atoms with Crippen molar-refractivity contribution in [1.29, 1.82) is 0 Å². The number of nitrogens with zero attached hydrogens (tertiary/aromatic N) is 1. The zero-order chi connectivity index (χ0) is 15.2. The maximum Gasteiger partial charge on any atom is 0.203 e. The van der Waals surface area contributed by atoms with E-state index in [-0.39, 0.29) is 16.0 Å². The Labute approximate surface area is 116 Å². The van der Waals surface area contributed by atoms with Gasteiger partial charge in [-0.1, -0.05) is 67.7 Å². The molecule has 0 heterocycles. The van der Waals surface area contributed by atoms with E-state index in [1.165, 1.54) is 0 Å². The highest BCUT2D eigenvalue weighted by Crippen LogP contribution is 2.46. The standard InChI is InChI=1S/C14H33NOSi2/c1-12(16)15(17(8,9)13(2,3)4)18(10,11)14(5,6)7/h1-11H3. The fraction of sp³-hybridized carbons (Fsp3) is 0.929. The van der Waals surface area contributed by atoms with Crippen LogP contribution in [0.2, 0.25) is 36.3 Å². The third-order valence-electron chi connectivity index (χ3n) is 5.10. The van der Waals surface area contributed by atoms with E-state index < -0.39 is 16.5 Å². The normalized spacial score (nSPS) is 14.6. The van der Waals surface area contributed by atoms with Gasteiger partial charge < -0.3 is 4.23 Å². The monoisotopic (exact) mass is 287 g/mol. The minimum absolute atomic E-state index is 0.203. The van der Waals surface area contributed by atoms with Crippen LogP contribution in [-0.4, -0.2) is 26.6 Å². The van der Waals surface area contributed by atoms with Crippen LogP contribution in [0.3, 0.4) is 0 Å². The summed E-state index contributed by atoms with van der Waals surface area (Å²) in [5, 5.41) is 0.405. The molecule has 0 aliphatic heterocycles. The van der Waals surface area contributed by atoms with Gasteiger partial charge in [-0.2, -0.15) is 0 Å². The van der Waals surface area contributed by atoms with Crippen molar-refractivity contribution >= 4 is 22.4 Å². The second-order valence-corrected chi connectivity index (χ2v) is 19.1. The SMILES string of the molecule is CC(=O)N([Si](C)(C)C(C)(C)C)[Si](C)(C)C(C)(C)C. The van der Waals surface area contributed by atoms with Crippen LogP contribution in [0.4, 0.5) is 0 Å². The maximum absolute atomic E-state index is 12.3. The summed E-state index contributed by atoms with van der Waals surface area (Å²) >= 11 is 0. The van der Waals surface area contributed by atoms with Crippen molar-refractivity contribution in [2.24, 2.45) is 0 Å². The van der Waals surface area contributed by atoms with E-state index in [0.717, 1.165) is 0 Å². The third-order valence-corrected chi connectivity index (χ3v) is 18.7. The predicted molar refractivity (Wildman–Crippen MR) is 86.9 cm³/mol. The van der Waals surface area contributed by atoms with E-state index in [1.807, 2.05) is 0 Å². The molecule has 4 heteroatoms. The van der Waals surface area contributed by atoms with Crippen molar-refractivity contribution in [2.45, 2.75) is 84.7 Å². The number of carbonyl (C=O) groups excluding carboxylic acids is 1. The molecule has 0 bridgehead atoms. The highest BCUT2D eigenvalue weighted by atomic mass is 28.4. The lowest BCUT2D eigenvalue weighted by atomic mass is 10.2. The van der Waals surface area contributed by atoms with Gasteiger partial charge in [0.05, 0.1) is 0 Å². The molecule has 0 radical (unpaired) electrons. The Hall–Kier alpha value is -0.0962. The summed E-state index contributed by atoms with van der Waals surface area (Å²) in [5.41, 5.74) is 0. The molecule has 0 aliphatic rings. The summed E-state index contributed by atoms with van der Waals surface area (Å²) in [5.74, 6) is 0.271. The van der Waals surface area contributed by atoms with E-state index in [9.17, 15) is 4.79 Å². The fourth-order valence-corrected chi connectivity index (χ4v) is 12.7. The number of carbonyl (C=O) groups is 1. The van der Waals surface area contributed by atoms with Gasteiger partial charge in [0.2, 0.25) is 5.91 Å². The topological polar surface area (TPSA) is 20.3 Å². The van der Waals surface area contributed by atoms with Gasteiger partial charge >= 0.3 is 0 Å². The Kier molecular flexibility index (Phi) is 4.76. The van der Waals surface area contributed by atoms with Crippen molar-refractivity contribution in [3.8, 4) is 0 Å². The first-order valence-electron chi connectivity index (χ1n) is 6.87. The summed E-state index contributed by atoms with van der Waals surface area (Å²) < 4.78 is 2.35. The van der Waals surface area contributed by atoms with Crippen LogP contribution in [0.5, 0.6) is 0 Å². The molecule has 0 aromatic rings. The van der Waals surface area contributed by atoms with Gasteiger partial charge in [0.25, 0.3) is 0 Å². The van der Waals surface area contributed by atoms with Gasteiger partial charge in [-0.3, -0.25) is 4.79 Å². The van der Waals surface area contributed by atoms with Crippen LogP contribution in [-0.2, 0) is 4.79 Å². The summed E-state index contributed by atoms with van der Waals surface area (Å²) in [7, 11) is -3.59. The molecular formula is C14H33NOSi2. The van der Waals surface area contributed by atoms with Gasteiger partial charge in [-0.15, -0.1) is 0 Å². The number of amides is 1. The highest BCUT2D eigenvalue weighted by Gasteiger charge is 2.52. The molecule has 0 atom stereocenters. The fourth-order valence-electron chi connectivity index (χ4n) is 2.16. The Morgan fingerprint density at radius 1 is 0.778 bits per heavy atom. The van der Waals surface area contributed by atoms with Crippen molar-refractivity contribution < 1.29 is 4.79 Å². The molecule has 0 aromatic carbocycles. The minimum atomic E-state index is -1.80. The zero-order valence-corrected chi connectivity index (χ0v) is 16.4. The summed E-state index contributed by atoms with van der Waals surface area (Å²) in [6.45, 7) is 24.8. The molecule has 1 amide bonds. The summed E-state index contributed by atoms with van der Waals surface area (Å²) in [6.07, 6.45) is 0. The number of rotatable bonds is 2. The average Bonchev–Trinajstić information content (AvgIpc) is 1.96. The molecule has 0 saturated heterocycles. The Morgan fingerprint density at radius 3 is 1.11 bits per heavy atom. The predicted octanol–water partition coefficient (Wildman–Crippen LogP) is 4.85. The molecule has 18 heavy (non-hydrogen) atoms. The van der Waals surface area contributed by atoms with Crippen LogP contribution in [0.15, 0.2) is 0 Å². The van der Waals surface area contributed by atoms with Crippen molar-refractivity contribution in [3.05, 3.63) is 0 Å². The van der Waals surface area contributed by atoms with Crippen molar-refractivity contribution in [3.63, 3.8) is 0 Å². The molecule has 0 rings (SSSR count). The molecule has 0 saturated carbocycles. The second-order valence-electron chi connectivity index (χ2n) is 8.47. The Bertz CT molecular complexity index is 296. The van der Waals surface area contributed by atoms with Crippen molar-refractivity contribution in [2.75, 3.05) is 0 Å². The van der Waals surface area contributed by atoms with E-state index in [2.05, 4.69) is 72.0 Å². The minimum Gasteiger partial charge on any atom is -0.395 e. The lowest BCUT2D eigenvalue weighted by molar-refractivity contribution is -0.122. The van der Waals surface area contributed by atoms with Gasteiger partial charge in [-0.05, 0) is 10.1 Å². The second kappa shape index (κ2) is 4.78. The quantitative estimate of drug-likeness (QED) is 0.665. The van der Waals surface area contributed by atoms with E-state index >= 15 is 0 Å². The Morgan fingerprint density at radius 2 is 1.00 bits per heavy atom. The molecular weight excluding hydrogens is 254 g/mol.